The zero-order chi connectivity index (χ0) is 15.9. The third-order valence-electron chi connectivity index (χ3n) is 3.15. The molecule has 2 N–H and O–H groups in total. The van der Waals surface area contributed by atoms with Gasteiger partial charge in [-0.05, 0) is 23.8 Å². The van der Waals surface area contributed by atoms with Crippen molar-refractivity contribution >= 4 is 6.03 Å². The van der Waals surface area contributed by atoms with Crippen LogP contribution in [-0.4, -0.2) is 30.8 Å². The van der Waals surface area contributed by atoms with Gasteiger partial charge in [0.05, 0.1) is 0 Å². The lowest BCUT2D eigenvalue weighted by Crippen LogP contribution is -2.34. The molecule has 3 heterocycles. The first-order valence-electron chi connectivity index (χ1n) is 7.02. The number of hydrogen-bond acceptors (Lipinski definition) is 5. The predicted molar refractivity (Wildman–Crippen MR) is 82.5 cm³/mol. The monoisotopic (exact) mass is 309 g/mol. The fourth-order valence-electron chi connectivity index (χ4n) is 2.01. The average molecular weight is 309 g/mol. The number of nitrogens with one attached hydrogen (secondary N) is 2. The third-order valence-corrected chi connectivity index (χ3v) is 3.15. The molecule has 0 bridgehead atoms. The van der Waals surface area contributed by atoms with Gasteiger partial charge in [-0.1, -0.05) is 6.07 Å². The quantitative estimate of drug-likeness (QED) is 0.734. The minimum Gasteiger partial charge on any atom is -0.334 e. The maximum atomic E-state index is 11.9. The maximum Gasteiger partial charge on any atom is 0.315 e. The van der Waals surface area contributed by atoms with Gasteiger partial charge in [0.15, 0.2) is 5.82 Å². The second kappa shape index (κ2) is 7.12. The molecular formula is C15H15N7O. The van der Waals surface area contributed by atoms with Crippen molar-refractivity contribution in [3.05, 3.63) is 66.6 Å². The molecule has 23 heavy (non-hydrogen) atoms. The molecule has 3 aromatic heterocycles. The number of nitrogens with zero attached hydrogens (tertiary/aromatic N) is 5. The Morgan fingerprint density at radius 2 is 1.87 bits per heavy atom. The van der Waals surface area contributed by atoms with Gasteiger partial charge >= 0.3 is 6.03 Å². The minimum absolute atomic E-state index is 0.254. The average Bonchev–Trinajstić information content (AvgIpc) is 3.14. The maximum absolute atomic E-state index is 11.9. The smallest absolute Gasteiger partial charge is 0.315 e. The first-order chi connectivity index (χ1) is 11.3. The van der Waals surface area contributed by atoms with Gasteiger partial charge in [-0.3, -0.25) is 4.98 Å². The van der Waals surface area contributed by atoms with Crippen LogP contribution in [0.3, 0.4) is 0 Å². The first kappa shape index (κ1) is 14.6. The molecule has 8 nitrogen and oxygen atoms in total. The predicted octanol–water partition coefficient (Wildman–Crippen LogP) is 1.06. The summed E-state index contributed by atoms with van der Waals surface area (Å²) >= 11 is 0. The molecule has 0 fully saturated rings. The van der Waals surface area contributed by atoms with Crippen molar-refractivity contribution in [3.63, 3.8) is 0 Å². The van der Waals surface area contributed by atoms with Crippen LogP contribution in [0.5, 0.6) is 0 Å². The van der Waals surface area contributed by atoms with E-state index in [1.807, 2.05) is 24.3 Å². The number of carbonyl (C=O) groups excluding carboxylic acids is 1. The lowest BCUT2D eigenvalue weighted by Gasteiger charge is -2.10. The van der Waals surface area contributed by atoms with Gasteiger partial charge in [-0.2, -0.15) is 5.10 Å². The molecular weight excluding hydrogens is 294 g/mol. The van der Waals surface area contributed by atoms with E-state index in [9.17, 15) is 4.79 Å². The van der Waals surface area contributed by atoms with Crippen molar-refractivity contribution in [2.24, 2.45) is 0 Å². The summed E-state index contributed by atoms with van der Waals surface area (Å²) in [5.41, 5.74) is 1.83. The van der Waals surface area contributed by atoms with Gasteiger partial charge < -0.3 is 10.6 Å². The first-order valence-corrected chi connectivity index (χ1v) is 7.02. The zero-order valence-electron chi connectivity index (χ0n) is 12.3. The fourth-order valence-corrected chi connectivity index (χ4v) is 2.01. The Labute approximate surface area is 132 Å². The number of hydrogen-bond donors (Lipinski definition) is 2. The Morgan fingerprint density at radius 3 is 2.65 bits per heavy atom. The molecule has 0 aliphatic heterocycles. The number of rotatable bonds is 5. The van der Waals surface area contributed by atoms with E-state index in [1.165, 1.54) is 6.33 Å². The zero-order valence-corrected chi connectivity index (χ0v) is 12.3. The molecule has 0 aliphatic carbocycles. The van der Waals surface area contributed by atoms with Crippen LogP contribution in [0.15, 0.2) is 55.5 Å². The highest BCUT2D eigenvalue weighted by atomic mass is 16.2. The van der Waals surface area contributed by atoms with Gasteiger partial charge in [0.25, 0.3) is 0 Å². The number of pyridine rings is 2. The Bertz CT molecular complexity index is 759. The molecule has 8 heteroatoms. The van der Waals surface area contributed by atoms with Crippen LogP contribution in [-0.2, 0) is 13.1 Å². The molecule has 0 aromatic carbocycles. The lowest BCUT2D eigenvalue weighted by atomic mass is 10.2. The van der Waals surface area contributed by atoms with E-state index in [0.29, 0.717) is 18.9 Å². The molecule has 0 saturated carbocycles. The number of urea groups is 1. The van der Waals surface area contributed by atoms with Gasteiger partial charge in [0.1, 0.15) is 12.7 Å². The van der Waals surface area contributed by atoms with E-state index in [1.54, 1.807) is 29.6 Å². The number of carbonyl (C=O) groups is 1. The molecule has 0 atom stereocenters. The summed E-state index contributed by atoms with van der Waals surface area (Å²) in [6.45, 7) is 0.780. The largest absolute Gasteiger partial charge is 0.334 e. The summed E-state index contributed by atoms with van der Waals surface area (Å²) in [7, 11) is 0. The van der Waals surface area contributed by atoms with Crippen LogP contribution < -0.4 is 10.6 Å². The van der Waals surface area contributed by atoms with E-state index in [2.05, 4.69) is 30.7 Å². The number of amides is 2. The van der Waals surface area contributed by atoms with Crippen LogP contribution >= 0.6 is 0 Å². The minimum atomic E-state index is -0.254. The highest BCUT2D eigenvalue weighted by Gasteiger charge is 2.08. The lowest BCUT2D eigenvalue weighted by molar-refractivity contribution is 0.240. The number of aromatic nitrogens is 5. The van der Waals surface area contributed by atoms with Crippen LogP contribution in [0, 0.1) is 0 Å². The van der Waals surface area contributed by atoms with Crippen molar-refractivity contribution in [2.75, 3.05) is 0 Å². The van der Waals surface area contributed by atoms with Crippen molar-refractivity contribution in [1.82, 2.24) is 35.4 Å². The van der Waals surface area contributed by atoms with E-state index < -0.39 is 0 Å². The highest BCUT2D eigenvalue weighted by Crippen LogP contribution is 2.09. The summed E-state index contributed by atoms with van der Waals surface area (Å²) in [5.74, 6) is 0.638. The molecule has 0 spiro atoms. The summed E-state index contributed by atoms with van der Waals surface area (Å²) in [5, 5.41) is 9.65. The SMILES string of the molecule is O=C(NCc1ccncc1)NCc1cccnc1-n1cncn1. The van der Waals surface area contributed by atoms with Crippen molar-refractivity contribution in [2.45, 2.75) is 13.1 Å². The van der Waals surface area contributed by atoms with Crippen molar-refractivity contribution in [1.29, 1.82) is 0 Å². The summed E-state index contributed by atoms with van der Waals surface area (Å²) in [4.78, 5) is 24.0. The van der Waals surface area contributed by atoms with E-state index in [-0.39, 0.29) is 6.03 Å². The Hall–Kier alpha value is -3.29. The fraction of sp³-hybridized carbons (Fsp3) is 0.133. The Balaban J connectivity index is 1.57. The van der Waals surface area contributed by atoms with Gasteiger partial charge in [0, 0.05) is 37.2 Å². The van der Waals surface area contributed by atoms with E-state index in [0.717, 1.165) is 11.1 Å². The van der Waals surface area contributed by atoms with E-state index >= 15 is 0 Å². The van der Waals surface area contributed by atoms with Gasteiger partial charge in [0.2, 0.25) is 0 Å². The second-order valence-electron chi connectivity index (χ2n) is 4.72. The highest BCUT2D eigenvalue weighted by molar-refractivity contribution is 5.73. The second-order valence-corrected chi connectivity index (χ2v) is 4.72. The third kappa shape index (κ3) is 3.88. The van der Waals surface area contributed by atoms with Crippen LogP contribution in [0.1, 0.15) is 11.1 Å². The Morgan fingerprint density at radius 1 is 1.04 bits per heavy atom. The van der Waals surface area contributed by atoms with Gasteiger partial charge in [-0.25, -0.2) is 19.4 Å². The summed E-state index contributed by atoms with van der Waals surface area (Å²) in [6.07, 6.45) is 8.05. The molecule has 116 valence electrons. The molecule has 0 aliphatic rings. The van der Waals surface area contributed by atoms with Gasteiger partial charge in [-0.15, -0.1) is 0 Å². The van der Waals surface area contributed by atoms with Crippen molar-refractivity contribution < 1.29 is 4.79 Å². The van der Waals surface area contributed by atoms with Crippen molar-refractivity contribution in [3.8, 4) is 5.82 Å². The molecule has 0 radical (unpaired) electrons. The van der Waals surface area contributed by atoms with Crippen LogP contribution in [0.4, 0.5) is 4.79 Å². The standard InChI is InChI=1S/C15H15N7O/c23-15(19-8-12-3-6-16-7-4-12)20-9-13-2-1-5-18-14(13)22-11-17-10-21-22/h1-7,10-11H,8-9H2,(H2,19,20,23). The van der Waals surface area contributed by atoms with Crippen LogP contribution in [0.2, 0.25) is 0 Å². The molecule has 0 saturated heterocycles. The molecule has 3 aromatic rings. The van der Waals surface area contributed by atoms with E-state index in [4.69, 9.17) is 0 Å². The molecule has 2 amide bonds. The summed E-state index contributed by atoms with van der Waals surface area (Å²) < 4.78 is 1.56. The Kier molecular flexibility index (Phi) is 4.53. The molecule has 0 unspecified atom stereocenters. The van der Waals surface area contributed by atoms with Crippen LogP contribution in [0.25, 0.3) is 5.82 Å². The molecule has 3 rings (SSSR count). The normalized spacial score (nSPS) is 10.3. The summed E-state index contributed by atoms with van der Waals surface area (Å²) in [6, 6.07) is 7.14. The topological polar surface area (TPSA) is 97.6 Å².